The van der Waals surface area contributed by atoms with Crippen LogP contribution >= 0.6 is 11.6 Å². The first kappa shape index (κ1) is 16.4. The normalized spacial score (nSPS) is 22.2. The number of carbonyl (C=O) groups excluding carboxylic acids is 1. The van der Waals surface area contributed by atoms with E-state index in [4.69, 9.17) is 16.3 Å². The van der Waals surface area contributed by atoms with Gasteiger partial charge in [-0.15, -0.1) is 0 Å². The number of hydrogen-bond acceptors (Lipinski definition) is 2. The van der Waals surface area contributed by atoms with Crippen molar-refractivity contribution in [1.29, 1.82) is 0 Å². The Labute approximate surface area is 143 Å². The minimum Gasteiger partial charge on any atom is -0.495 e. The van der Waals surface area contributed by atoms with Gasteiger partial charge in [0.15, 0.2) is 0 Å². The van der Waals surface area contributed by atoms with Crippen molar-refractivity contribution < 1.29 is 9.53 Å². The number of nitrogens with zero attached hydrogens (tertiary/aromatic N) is 1. The molecule has 0 aromatic heterocycles. The van der Waals surface area contributed by atoms with E-state index in [0.29, 0.717) is 28.4 Å². The summed E-state index contributed by atoms with van der Waals surface area (Å²) in [6.45, 7) is 0.843. The highest BCUT2D eigenvalue weighted by Gasteiger charge is 2.35. The highest BCUT2D eigenvalue weighted by molar-refractivity contribution is 6.31. The number of rotatable bonds is 3. The second-order valence-electron chi connectivity index (χ2n) is 6.58. The number of benzene rings is 1. The number of urea groups is 1. The lowest BCUT2D eigenvalue weighted by molar-refractivity contribution is 0.166. The van der Waals surface area contributed by atoms with E-state index in [0.717, 1.165) is 19.4 Å². The van der Waals surface area contributed by atoms with Gasteiger partial charge >= 0.3 is 6.03 Å². The van der Waals surface area contributed by atoms with Gasteiger partial charge in [0.05, 0.1) is 12.8 Å². The largest absolute Gasteiger partial charge is 0.495 e. The molecule has 1 saturated carbocycles. The maximum Gasteiger partial charge on any atom is 0.322 e. The van der Waals surface area contributed by atoms with Crippen molar-refractivity contribution in [2.24, 2.45) is 5.92 Å². The monoisotopic (exact) mass is 336 g/mol. The third kappa shape index (κ3) is 3.74. The van der Waals surface area contributed by atoms with Crippen molar-refractivity contribution in [2.75, 3.05) is 19.0 Å². The predicted molar refractivity (Wildman–Crippen MR) is 93.3 cm³/mol. The van der Waals surface area contributed by atoms with E-state index in [1.54, 1.807) is 25.3 Å². The van der Waals surface area contributed by atoms with E-state index in [1.165, 1.54) is 32.1 Å². The van der Waals surface area contributed by atoms with Gasteiger partial charge in [0.2, 0.25) is 0 Å². The third-order valence-electron chi connectivity index (χ3n) is 5.16. The van der Waals surface area contributed by atoms with E-state index in [9.17, 15) is 4.79 Å². The van der Waals surface area contributed by atoms with Crippen LogP contribution in [0.4, 0.5) is 10.5 Å². The lowest BCUT2D eigenvalue weighted by Crippen LogP contribution is -2.43. The second-order valence-corrected chi connectivity index (χ2v) is 7.01. The standard InChI is InChI=1S/C18H25ClN2O2/c1-23-17-10-9-14(19)12-15(17)20-18(22)21-11-5-8-16(21)13-6-3-2-4-7-13/h9-10,12-13,16H,2-8,11H2,1H3,(H,20,22)/t16-/m1/s1. The number of nitrogens with one attached hydrogen (secondary N) is 1. The zero-order valence-corrected chi connectivity index (χ0v) is 14.4. The number of methoxy groups -OCH3 is 1. The molecule has 2 fully saturated rings. The SMILES string of the molecule is COc1ccc(Cl)cc1NC(=O)N1CCC[C@@H]1C1CCCCC1. The highest BCUT2D eigenvalue weighted by Crippen LogP contribution is 2.35. The Hall–Kier alpha value is -1.42. The van der Waals surface area contributed by atoms with Gasteiger partial charge in [-0.1, -0.05) is 30.9 Å². The fourth-order valence-corrected chi connectivity index (χ4v) is 4.19. The highest BCUT2D eigenvalue weighted by atomic mass is 35.5. The summed E-state index contributed by atoms with van der Waals surface area (Å²) in [6, 6.07) is 5.64. The molecule has 1 aromatic rings. The molecule has 23 heavy (non-hydrogen) atoms. The van der Waals surface area contributed by atoms with Gasteiger partial charge in [0.1, 0.15) is 5.75 Å². The van der Waals surface area contributed by atoms with Gasteiger partial charge in [-0.3, -0.25) is 0 Å². The lowest BCUT2D eigenvalue weighted by atomic mass is 9.83. The molecule has 1 atom stereocenters. The van der Waals surface area contributed by atoms with Crippen LogP contribution < -0.4 is 10.1 Å². The molecule has 0 spiro atoms. The van der Waals surface area contributed by atoms with Crippen LogP contribution in [0.25, 0.3) is 0 Å². The molecule has 2 amide bonds. The molecule has 3 rings (SSSR count). The quantitative estimate of drug-likeness (QED) is 0.850. The minimum atomic E-state index is -0.0290. The van der Waals surface area contributed by atoms with Crippen LogP contribution in [0, 0.1) is 5.92 Å². The Morgan fingerprint density at radius 2 is 2.00 bits per heavy atom. The fourth-order valence-electron chi connectivity index (χ4n) is 4.02. The van der Waals surface area contributed by atoms with Crippen LogP contribution in [0.2, 0.25) is 5.02 Å². The molecular weight excluding hydrogens is 312 g/mol. The van der Waals surface area contributed by atoms with Crippen molar-refractivity contribution in [2.45, 2.75) is 51.0 Å². The number of carbonyl (C=O) groups is 1. The Bertz CT molecular complexity index is 558. The summed E-state index contributed by atoms with van der Waals surface area (Å²) >= 11 is 6.05. The Morgan fingerprint density at radius 3 is 2.74 bits per heavy atom. The summed E-state index contributed by atoms with van der Waals surface area (Å²) in [6.07, 6.45) is 8.70. The van der Waals surface area contributed by atoms with Gasteiger partial charge < -0.3 is 15.0 Å². The van der Waals surface area contributed by atoms with Crippen LogP contribution in [0.5, 0.6) is 5.75 Å². The van der Waals surface area contributed by atoms with Crippen molar-refractivity contribution in [3.8, 4) is 5.75 Å². The average molecular weight is 337 g/mol. The number of likely N-dealkylation sites (tertiary alicyclic amines) is 1. The first-order valence-electron chi connectivity index (χ1n) is 8.60. The Morgan fingerprint density at radius 1 is 1.22 bits per heavy atom. The number of halogens is 1. The smallest absolute Gasteiger partial charge is 0.322 e. The molecule has 1 N–H and O–H groups in total. The summed E-state index contributed by atoms with van der Waals surface area (Å²) in [5.74, 6) is 1.30. The van der Waals surface area contributed by atoms with Gasteiger partial charge in [-0.2, -0.15) is 0 Å². The maximum absolute atomic E-state index is 12.8. The topological polar surface area (TPSA) is 41.6 Å². The summed E-state index contributed by atoms with van der Waals surface area (Å²) in [5, 5.41) is 3.58. The zero-order valence-electron chi connectivity index (χ0n) is 13.7. The van der Waals surface area contributed by atoms with Crippen molar-refractivity contribution in [3.05, 3.63) is 23.2 Å². The van der Waals surface area contributed by atoms with E-state index in [1.807, 2.05) is 4.90 Å². The summed E-state index contributed by atoms with van der Waals surface area (Å²) in [5.41, 5.74) is 0.638. The molecule has 4 nitrogen and oxygen atoms in total. The maximum atomic E-state index is 12.8. The number of amides is 2. The Kier molecular flexibility index (Phi) is 5.31. The van der Waals surface area contributed by atoms with Gasteiger partial charge in [-0.25, -0.2) is 4.79 Å². The summed E-state index contributed by atoms with van der Waals surface area (Å²) in [7, 11) is 1.60. The number of ether oxygens (including phenoxy) is 1. The van der Waals surface area contributed by atoms with Crippen molar-refractivity contribution in [1.82, 2.24) is 4.90 Å². The second kappa shape index (κ2) is 7.43. The molecule has 1 aliphatic heterocycles. The third-order valence-corrected chi connectivity index (χ3v) is 5.39. The van der Waals surface area contributed by atoms with E-state index >= 15 is 0 Å². The van der Waals surface area contributed by atoms with Crippen molar-refractivity contribution in [3.63, 3.8) is 0 Å². The molecule has 0 bridgehead atoms. The fraction of sp³-hybridized carbons (Fsp3) is 0.611. The summed E-state index contributed by atoms with van der Waals surface area (Å²) < 4.78 is 5.32. The van der Waals surface area contributed by atoms with Crippen molar-refractivity contribution >= 4 is 23.3 Å². The molecular formula is C18H25ClN2O2. The van der Waals surface area contributed by atoms with Gasteiger partial charge in [0.25, 0.3) is 0 Å². The molecule has 0 radical (unpaired) electrons. The molecule has 1 aromatic carbocycles. The molecule has 1 aliphatic carbocycles. The first-order valence-corrected chi connectivity index (χ1v) is 8.98. The molecule has 1 heterocycles. The van der Waals surface area contributed by atoms with Crippen LogP contribution in [0.3, 0.4) is 0 Å². The predicted octanol–water partition coefficient (Wildman–Crippen LogP) is 4.93. The van der Waals surface area contributed by atoms with Crippen LogP contribution in [0.1, 0.15) is 44.9 Å². The van der Waals surface area contributed by atoms with Crippen LogP contribution in [-0.4, -0.2) is 30.6 Å². The zero-order chi connectivity index (χ0) is 16.2. The van der Waals surface area contributed by atoms with E-state index < -0.39 is 0 Å². The van der Waals surface area contributed by atoms with Crippen LogP contribution in [-0.2, 0) is 0 Å². The van der Waals surface area contributed by atoms with E-state index in [2.05, 4.69) is 5.32 Å². The molecule has 2 aliphatic rings. The van der Waals surface area contributed by atoms with Gasteiger partial charge in [0, 0.05) is 17.6 Å². The molecule has 1 saturated heterocycles. The number of anilines is 1. The molecule has 126 valence electrons. The summed E-state index contributed by atoms with van der Waals surface area (Å²) in [4.78, 5) is 14.8. The lowest BCUT2D eigenvalue weighted by Gasteiger charge is -2.34. The Balaban J connectivity index is 1.70. The van der Waals surface area contributed by atoms with Gasteiger partial charge in [-0.05, 0) is 49.8 Å². The average Bonchev–Trinajstić information content (AvgIpc) is 3.05. The minimum absolute atomic E-state index is 0.0290. The first-order chi connectivity index (χ1) is 11.2. The molecule has 0 unspecified atom stereocenters. The van der Waals surface area contributed by atoms with Crippen LogP contribution in [0.15, 0.2) is 18.2 Å². The number of hydrogen-bond donors (Lipinski definition) is 1. The van der Waals surface area contributed by atoms with E-state index in [-0.39, 0.29) is 6.03 Å². The molecule has 5 heteroatoms.